The molecule has 0 radical (unpaired) electrons. The standard InChI is InChI=1S/C20H24N2O3/c1-14-7-6-8-15(2)17(14)11-18(20(21)24)22-19(23)13-25-12-16-9-4-3-5-10-16/h3-10,18H,11-13H2,1-2H3,(H2,21,24)(H,22,23)/t18-/m1/s1. The zero-order chi connectivity index (χ0) is 18.2. The molecule has 0 unspecified atom stereocenters. The second-order valence-electron chi connectivity index (χ2n) is 6.08. The average molecular weight is 340 g/mol. The summed E-state index contributed by atoms with van der Waals surface area (Å²) in [6, 6.07) is 14.7. The molecule has 2 aromatic carbocycles. The highest BCUT2D eigenvalue weighted by atomic mass is 16.5. The fourth-order valence-corrected chi connectivity index (χ4v) is 2.67. The van der Waals surface area contributed by atoms with Crippen LogP contribution in [-0.2, 0) is 27.4 Å². The van der Waals surface area contributed by atoms with Crippen LogP contribution in [0.4, 0.5) is 0 Å². The second kappa shape index (κ2) is 8.99. The smallest absolute Gasteiger partial charge is 0.246 e. The van der Waals surface area contributed by atoms with E-state index in [-0.39, 0.29) is 12.5 Å². The highest BCUT2D eigenvalue weighted by Crippen LogP contribution is 2.15. The monoisotopic (exact) mass is 340 g/mol. The summed E-state index contributed by atoms with van der Waals surface area (Å²) < 4.78 is 5.40. The van der Waals surface area contributed by atoms with Gasteiger partial charge in [0, 0.05) is 6.42 Å². The molecule has 0 fully saturated rings. The Balaban J connectivity index is 1.90. The summed E-state index contributed by atoms with van der Waals surface area (Å²) >= 11 is 0. The predicted octanol–water partition coefficient (Wildman–Crippen LogP) is 2.03. The Kier molecular flexibility index (Phi) is 6.71. The first-order valence-corrected chi connectivity index (χ1v) is 8.23. The number of hydrogen-bond acceptors (Lipinski definition) is 3. The van der Waals surface area contributed by atoms with E-state index in [9.17, 15) is 9.59 Å². The Morgan fingerprint density at radius 1 is 1.04 bits per heavy atom. The summed E-state index contributed by atoms with van der Waals surface area (Å²) in [5.74, 6) is -0.912. The fourth-order valence-electron chi connectivity index (χ4n) is 2.67. The number of nitrogens with two attached hydrogens (primary N) is 1. The third-order valence-corrected chi connectivity index (χ3v) is 4.08. The van der Waals surface area contributed by atoms with Crippen molar-refractivity contribution < 1.29 is 14.3 Å². The van der Waals surface area contributed by atoms with Gasteiger partial charge in [0.25, 0.3) is 0 Å². The van der Waals surface area contributed by atoms with Gasteiger partial charge in [-0.15, -0.1) is 0 Å². The molecule has 0 spiro atoms. The van der Waals surface area contributed by atoms with Crippen LogP contribution in [-0.4, -0.2) is 24.5 Å². The minimum absolute atomic E-state index is 0.120. The maximum atomic E-state index is 12.1. The summed E-state index contributed by atoms with van der Waals surface area (Å²) in [6.45, 7) is 4.17. The van der Waals surface area contributed by atoms with Crippen LogP contribution in [0.15, 0.2) is 48.5 Å². The Morgan fingerprint density at radius 3 is 2.28 bits per heavy atom. The van der Waals surface area contributed by atoms with Crippen molar-refractivity contribution in [1.29, 1.82) is 0 Å². The SMILES string of the molecule is Cc1cccc(C)c1C[C@@H](NC(=O)COCc1ccccc1)C(N)=O. The van der Waals surface area contributed by atoms with Crippen molar-refractivity contribution in [1.82, 2.24) is 5.32 Å². The first-order valence-electron chi connectivity index (χ1n) is 8.23. The molecule has 2 aromatic rings. The largest absolute Gasteiger partial charge is 0.368 e. The molecule has 0 saturated heterocycles. The lowest BCUT2D eigenvalue weighted by atomic mass is 9.96. The molecule has 0 aliphatic rings. The number of nitrogens with one attached hydrogen (secondary N) is 1. The summed E-state index contributed by atoms with van der Waals surface area (Å²) in [4.78, 5) is 23.8. The first-order chi connectivity index (χ1) is 12.0. The Morgan fingerprint density at radius 2 is 1.68 bits per heavy atom. The van der Waals surface area contributed by atoms with Crippen LogP contribution in [0.5, 0.6) is 0 Å². The van der Waals surface area contributed by atoms with E-state index in [1.54, 1.807) is 0 Å². The molecule has 0 aromatic heterocycles. The summed E-state index contributed by atoms with van der Waals surface area (Å²) in [7, 11) is 0. The zero-order valence-corrected chi connectivity index (χ0v) is 14.6. The molecular weight excluding hydrogens is 316 g/mol. The molecule has 0 heterocycles. The van der Waals surface area contributed by atoms with Crippen LogP contribution in [0.3, 0.4) is 0 Å². The van der Waals surface area contributed by atoms with Crippen LogP contribution in [0.1, 0.15) is 22.3 Å². The minimum Gasteiger partial charge on any atom is -0.368 e. The van der Waals surface area contributed by atoms with E-state index in [0.29, 0.717) is 13.0 Å². The number of amides is 2. The molecule has 0 aliphatic heterocycles. The van der Waals surface area contributed by atoms with Gasteiger partial charge in [-0.1, -0.05) is 48.5 Å². The molecule has 5 nitrogen and oxygen atoms in total. The quantitative estimate of drug-likeness (QED) is 0.771. The summed E-state index contributed by atoms with van der Waals surface area (Å²) in [5, 5.41) is 2.67. The number of carbonyl (C=O) groups is 2. The van der Waals surface area contributed by atoms with Crippen molar-refractivity contribution >= 4 is 11.8 Å². The zero-order valence-electron chi connectivity index (χ0n) is 14.6. The number of ether oxygens (including phenoxy) is 1. The molecule has 2 rings (SSSR count). The molecule has 2 amide bonds. The van der Waals surface area contributed by atoms with E-state index in [1.165, 1.54) is 0 Å². The Labute approximate surface area is 148 Å². The van der Waals surface area contributed by atoms with Gasteiger partial charge in [-0.2, -0.15) is 0 Å². The number of carbonyl (C=O) groups excluding carboxylic acids is 2. The maximum absolute atomic E-state index is 12.1. The van der Waals surface area contributed by atoms with E-state index >= 15 is 0 Å². The van der Waals surface area contributed by atoms with Crippen molar-refractivity contribution in [2.24, 2.45) is 5.73 Å². The fraction of sp³-hybridized carbons (Fsp3) is 0.300. The lowest BCUT2D eigenvalue weighted by Crippen LogP contribution is -2.47. The molecule has 132 valence electrons. The lowest BCUT2D eigenvalue weighted by molar-refractivity contribution is -0.130. The third kappa shape index (κ3) is 5.72. The molecule has 3 N–H and O–H groups in total. The van der Waals surface area contributed by atoms with Gasteiger partial charge in [-0.25, -0.2) is 0 Å². The van der Waals surface area contributed by atoms with Gasteiger partial charge in [-0.3, -0.25) is 9.59 Å². The Bertz CT molecular complexity index is 709. The number of hydrogen-bond donors (Lipinski definition) is 2. The van der Waals surface area contributed by atoms with Gasteiger partial charge in [0.05, 0.1) is 6.61 Å². The van der Waals surface area contributed by atoms with Gasteiger partial charge < -0.3 is 15.8 Å². The van der Waals surface area contributed by atoms with Crippen molar-refractivity contribution in [2.75, 3.05) is 6.61 Å². The molecule has 0 saturated carbocycles. The van der Waals surface area contributed by atoms with Gasteiger partial charge >= 0.3 is 0 Å². The third-order valence-electron chi connectivity index (χ3n) is 4.08. The van der Waals surface area contributed by atoms with Crippen LogP contribution in [0.25, 0.3) is 0 Å². The second-order valence-corrected chi connectivity index (χ2v) is 6.08. The van der Waals surface area contributed by atoms with Crippen molar-refractivity contribution in [3.8, 4) is 0 Å². The molecule has 0 bridgehead atoms. The lowest BCUT2D eigenvalue weighted by Gasteiger charge is -2.18. The maximum Gasteiger partial charge on any atom is 0.246 e. The van der Waals surface area contributed by atoms with Crippen molar-refractivity contribution in [3.05, 3.63) is 70.8 Å². The first kappa shape index (κ1) is 18.7. The Hall–Kier alpha value is -2.66. The van der Waals surface area contributed by atoms with Gasteiger partial charge in [0.15, 0.2) is 0 Å². The highest BCUT2D eigenvalue weighted by molar-refractivity contribution is 5.87. The molecule has 0 aliphatic carbocycles. The number of benzene rings is 2. The summed E-state index contributed by atoms with van der Waals surface area (Å²) in [6.07, 6.45) is 0.373. The van der Waals surface area contributed by atoms with Crippen LogP contribution >= 0.6 is 0 Å². The van der Waals surface area contributed by atoms with Crippen LogP contribution in [0, 0.1) is 13.8 Å². The topological polar surface area (TPSA) is 81.4 Å². The van der Waals surface area contributed by atoms with E-state index in [1.807, 2.05) is 62.4 Å². The number of rotatable bonds is 8. The number of aryl methyl sites for hydroxylation is 2. The average Bonchev–Trinajstić information content (AvgIpc) is 2.58. The summed E-state index contributed by atoms with van der Waals surface area (Å²) in [5.41, 5.74) is 9.61. The molecule has 1 atom stereocenters. The predicted molar refractivity (Wildman–Crippen MR) is 96.8 cm³/mol. The van der Waals surface area contributed by atoms with Gasteiger partial charge in [0.1, 0.15) is 12.6 Å². The van der Waals surface area contributed by atoms with Gasteiger partial charge in [0.2, 0.25) is 11.8 Å². The normalized spacial score (nSPS) is 11.8. The van der Waals surface area contributed by atoms with Gasteiger partial charge in [-0.05, 0) is 36.1 Å². The van der Waals surface area contributed by atoms with Crippen LogP contribution in [0.2, 0.25) is 0 Å². The van der Waals surface area contributed by atoms with E-state index in [4.69, 9.17) is 10.5 Å². The van der Waals surface area contributed by atoms with E-state index < -0.39 is 11.9 Å². The van der Waals surface area contributed by atoms with Crippen molar-refractivity contribution in [3.63, 3.8) is 0 Å². The van der Waals surface area contributed by atoms with E-state index in [0.717, 1.165) is 22.3 Å². The minimum atomic E-state index is -0.757. The molecular formula is C20H24N2O3. The van der Waals surface area contributed by atoms with Crippen molar-refractivity contribution in [2.45, 2.75) is 32.9 Å². The molecule has 25 heavy (non-hydrogen) atoms. The highest BCUT2D eigenvalue weighted by Gasteiger charge is 2.20. The number of primary amides is 1. The van der Waals surface area contributed by atoms with E-state index in [2.05, 4.69) is 5.32 Å². The molecule has 5 heteroatoms. The van der Waals surface area contributed by atoms with Crippen LogP contribution < -0.4 is 11.1 Å².